The Morgan fingerprint density at radius 2 is 2.22 bits per heavy atom. The third kappa shape index (κ3) is 5.03. The monoisotopic (exact) mass is 389 g/mol. The number of carbonyl (C=O) groups is 2. The summed E-state index contributed by atoms with van der Waals surface area (Å²) < 4.78 is 6.73. The van der Waals surface area contributed by atoms with E-state index >= 15 is 0 Å². The Kier molecular flexibility index (Phi) is 6.39. The van der Waals surface area contributed by atoms with Crippen molar-refractivity contribution in [2.24, 2.45) is 0 Å². The Morgan fingerprint density at radius 1 is 1.37 bits per heavy atom. The van der Waals surface area contributed by atoms with Gasteiger partial charge in [0.15, 0.2) is 0 Å². The summed E-state index contributed by atoms with van der Waals surface area (Å²) in [6, 6.07) is 9.52. The number of aliphatic carboxylic acids is 1. The first kappa shape index (κ1) is 19.3. The van der Waals surface area contributed by atoms with E-state index in [1.807, 2.05) is 35.2 Å². The molecule has 1 atom stereocenters. The molecule has 0 aliphatic carbocycles. The molecule has 1 aliphatic heterocycles. The minimum Gasteiger partial charge on any atom is -0.497 e. The molecule has 0 bridgehead atoms. The van der Waals surface area contributed by atoms with E-state index in [0.717, 1.165) is 35.7 Å². The molecule has 1 fully saturated rings. The second kappa shape index (κ2) is 8.94. The number of carboxylic acid groups (broad SMARTS) is 1. The van der Waals surface area contributed by atoms with E-state index < -0.39 is 5.97 Å². The zero-order chi connectivity index (χ0) is 19.2. The van der Waals surface area contributed by atoms with Crippen LogP contribution in [-0.4, -0.2) is 57.6 Å². The summed E-state index contributed by atoms with van der Waals surface area (Å²) in [4.78, 5) is 26.5. The number of ether oxygens (including phenoxy) is 1. The number of carbonyl (C=O) groups excluding carboxylic acids is 1. The van der Waals surface area contributed by atoms with Gasteiger partial charge >= 0.3 is 5.97 Å². The molecule has 0 radical (unpaired) electrons. The van der Waals surface area contributed by atoms with Gasteiger partial charge in [-0.25, -0.2) is 0 Å². The van der Waals surface area contributed by atoms with E-state index in [-0.39, 0.29) is 18.4 Å². The van der Waals surface area contributed by atoms with Crippen molar-refractivity contribution in [3.05, 3.63) is 42.2 Å². The molecule has 3 rings (SSSR count). The summed E-state index contributed by atoms with van der Waals surface area (Å²) in [7, 11) is 1.62. The molecule has 0 saturated carbocycles. The molecule has 27 heavy (non-hydrogen) atoms. The summed E-state index contributed by atoms with van der Waals surface area (Å²) in [6.45, 7) is 1.18. The number of piperidine rings is 1. The molecule has 1 aromatic carbocycles. The number of hydrogen-bond acceptors (Lipinski definition) is 5. The lowest BCUT2D eigenvalue weighted by Crippen LogP contribution is -2.40. The van der Waals surface area contributed by atoms with Gasteiger partial charge in [0.2, 0.25) is 5.91 Å². The predicted molar refractivity (Wildman–Crippen MR) is 102 cm³/mol. The van der Waals surface area contributed by atoms with Crippen LogP contribution in [0.4, 0.5) is 0 Å². The fourth-order valence-corrected chi connectivity index (χ4v) is 4.17. The zero-order valence-electron chi connectivity index (χ0n) is 15.2. The minimum atomic E-state index is -0.918. The molecule has 1 N–H and O–H groups in total. The summed E-state index contributed by atoms with van der Waals surface area (Å²) in [6.07, 6.45) is 3.45. The highest BCUT2D eigenvalue weighted by atomic mass is 32.2. The van der Waals surface area contributed by atoms with Crippen molar-refractivity contribution in [3.8, 4) is 5.75 Å². The average Bonchev–Trinajstić information content (AvgIpc) is 3.13. The van der Waals surface area contributed by atoms with Crippen LogP contribution in [0.25, 0.3) is 0 Å². The quantitative estimate of drug-likeness (QED) is 0.733. The summed E-state index contributed by atoms with van der Waals surface area (Å²) in [5, 5.41) is 13.1. The molecule has 2 heterocycles. The third-order valence-corrected chi connectivity index (χ3v) is 5.61. The van der Waals surface area contributed by atoms with Crippen molar-refractivity contribution in [2.45, 2.75) is 30.2 Å². The molecule has 2 aromatic rings. The molecule has 144 valence electrons. The Hall–Kier alpha value is -2.48. The Bertz CT molecular complexity index is 808. The van der Waals surface area contributed by atoms with Crippen molar-refractivity contribution >= 4 is 23.6 Å². The van der Waals surface area contributed by atoms with Crippen LogP contribution in [-0.2, 0) is 16.1 Å². The number of thioether (sulfide) groups is 1. The highest BCUT2D eigenvalue weighted by Gasteiger charge is 2.27. The third-order valence-electron chi connectivity index (χ3n) is 4.63. The van der Waals surface area contributed by atoms with Crippen LogP contribution in [0, 0.1) is 0 Å². The van der Waals surface area contributed by atoms with Gasteiger partial charge in [-0.05, 0) is 37.1 Å². The van der Waals surface area contributed by atoms with Gasteiger partial charge in [-0.2, -0.15) is 5.10 Å². The Balaban J connectivity index is 1.59. The summed E-state index contributed by atoms with van der Waals surface area (Å²) in [5.41, 5.74) is 0.885. The van der Waals surface area contributed by atoms with Crippen molar-refractivity contribution < 1.29 is 19.4 Å². The van der Waals surface area contributed by atoms with Gasteiger partial charge in [0.05, 0.1) is 12.9 Å². The molecule has 1 aromatic heterocycles. The van der Waals surface area contributed by atoms with Crippen LogP contribution in [0.15, 0.2) is 41.4 Å². The minimum absolute atomic E-state index is 0.0943. The number of aromatic nitrogens is 2. The summed E-state index contributed by atoms with van der Waals surface area (Å²) >= 11 is 1.50. The fourth-order valence-electron chi connectivity index (χ4n) is 3.32. The van der Waals surface area contributed by atoms with Crippen molar-refractivity contribution in [2.75, 3.05) is 26.0 Å². The van der Waals surface area contributed by atoms with Crippen LogP contribution in [0.2, 0.25) is 0 Å². The average molecular weight is 389 g/mol. The number of nitrogens with zero attached hydrogens (tertiary/aromatic N) is 3. The van der Waals surface area contributed by atoms with E-state index in [1.54, 1.807) is 13.3 Å². The van der Waals surface area contributed by atoms with Crippen LogP contribution < -0.4 is 4.74 Å². The van der Waals surface area contributed by atoms with Crippen LogP contribution >= 0.6 is 11.8 Å². The van der Waals surface area contributed by atoms with Gasteiger partial charge in [-0.1, -0.05) is 6.07 Å². The van der Waals surface area contributed by atoms with Gasteiger partial charge in [0.1, 0.15) is 12.3 Å². The molecule has 1 saturated heterocycles. The number of likely N-dealkylation sites (tertiary alicyclic amines) is 1. The van der Waals surface area contributed by atoms with Gasteiger partial charge in [-0.15, -0.1) is 11.8 Å². The molecule has 7 nitrogen and oxygen atoms in total. The number of benzene rings is 1. The Morgan fingerprint density at radius 3 is 3.00 bits per heavy atom. The second-order valence-electron chi connectivity index (χ2n) is 6.45. The molecule has 1 amide bonds. The zero-order valence-corrected chi connectivity index (χ0v) is 16.0. The second-order valence-corrected chi connectivity index (χ2v) is 7.50. The summed E-state index contributed by atoms with van der Waals surface area (Å²) in [5.74, 6) is 0.438. The maximum absolute atomic E-state index is 12.7. The van der Waals surface area contributed by atoms with Crippen molar-refractivity contribution in [3.63, 3.8) is 0 Å². The van der Waals surface area contributed by atoms with Gasteiger partial charge < -0.3 is 14.7 Å². The molecule has 8 heteroatoms. The lowest BCUT2D eigenvalue weighted by molar-refractivity contribution is -0.138. The van der Waals surface area contributed by atoms with Gasteiger partial charge in [-0.3, -0.25) is 14.3 Å². The maximum atomic E-state index is 12.7. The van der Waals surface area contributed by atoms with E-state index in [4.69, 9.17) is 9.84 Å². The lowest BCUT2D eigenvalue weighted by Gasteiger charge is -2.33. The number of carboxylic acids is 1. The van der Waals surface area contributed by atoms with Crippen molar-refractivity contribution in [1.29, 1.82) is 0 Å². The number of hydrogen-bond donors (Lipinski definition) is 1. The standard InChI is InChI=1S/C19H23N3O4S/c1-26-15-5-2-6-16(10-15)27-13-18(23)21-9-3-4-14(11-21)17-7-8-20-22(17)12-19(24)25/h2,5-8,10,14H,3-4,9,11-13H2,1H3,(H,24,25)/t14-/m1/s1. The number of amides is 1. The normalized spacial score (nSPS) is 16.9. The Labute approximate surface area is 162 Å². The molecule has 0 unspecified atom stereocenters. The molecular formula is C19H23N3O4S. The smallest absolute Gasteiger partial charge is 0.325 e. The highest BCUT2D eigenvalue weighted by molar-refractivity contribution is 8.00. The fraction of sp³-hybridized carbons (Fsp3) is 0.421. The number of methoxy groups -OCH3 is 1. The molecule has 0 spiro atoms. The lowest BCUT2D eigenvalue weighted by atomic mass is 9.94. The van der Waals surface area contributed by atoms with E-state index in [9.17, 15) is 9.59 Å². The van der Waals surface area contributed by atoms with E-state index in [2.05, 4.69) is 5.10 Å². The maximum Gasteiger partial charge on any atom is 0.325 e. The van der Waals surface area contributed by atoms with Crippen LogP contribution in [0.3, 0.4) is 0 Å². The number of rotatable bonds is 7. The van der Waals surface area contributed by atoms with Crippen LogP contribution in [0.1, 0.15) is 24.5 Å². The predicted octanol–water partition coefficient (Wildman–Crippen LogP) is 2.47. The van der Waals surface area contributed by atoms with Gasteiger partial charge in [0, 0.05) is 35.8 Å². The first-order chi connectivity index (χ1) is 13.1. The molecular weight excluding hydrogens is 366 g/mol. The highest BCUT2D eigenvalue weighted by Crippen LogP contribution is 2.28. The van der Waals surface area contributed by atoms with Crippen LogP contribution in [0.5, 0.6) is 5.75 Å². The SMILES string of the molecule is COc1cccc(SCC(=O)N2CCC[C@@H](c3ccnn3CC(=O)O)C2)c1. The van der Waals surface area contributed by atoms with Crippen molar-refractivity contribution in [1.82, 2.24) is 14.7 Å². The first-order valence-corrected chi connectivity index (χ1v) is 9.83. The topological polar surface area (TPSA) is 84.7 Å². The first-order valence-electron chi connectivity index (χ1n) is 8.85. The van der Waals surface area contributed by atoms with Gasteiger partial charge in [0.25, 0.3) is 0 Å². The largest absolute Gasteiger partial charge is 0.497 e. The van der Waals surface area contributed by atoms with E-state index in [1.165, 1.54) is 16.4 Å². The van der Waals surface area contributed by atoms with E-state index in [0.29, 0.717) is 12.3 Å². The molecule has 1 aliphatic rings.